The van der Waals surface area contributed by atoms with Crippen molar-refractivity contribution in [1.29, 1.82) is 0 Å². The molecule has 0 bridgehead atoms. The van der Waals surface area contributed by atoms with Crippen LogP contribution in [0.3, 0.4) is 0 Å². The van der Waals surface area contributed by atoms with E-state index >= 15 is 0 Å². The highest BCUT2D eigenvalue weighted by atomic mass is 19.1. The highest BCUT2D eigenvalue weighted by Gasteiger charge is 2.20. The molecule has 2 amide bonds. The lowest BCUT2D eigenvalue weighted by atomic mass is 10.3. The summed E-state index contributed by atoms with van der Waals surface area (Å²) in [5, 5.41) is 2.73. The van der Waals surface area contributed by atoms with Gasteiger partial charge in [-0.05, 0) is 31.2 Å². The van der Waals surface area contributed by atoms with Crippen molar-refractivity contribution < 1.29 is 9.18 Å². The zero-order valence-electron chi connectivity index (χ0n) is 11.2. The number of halogens is 1. The molecule has 5 heteroatoms. The Morgan fingerprint density at radius 3 is 2.68 bits per heavy atom. The zero-order valence-corrected chi connectivity index (χ0v) is 11.2. The van der Waals surface area contributed by atoms with Crippen molar-refractivity contribution in [2.45, 2.75) is 13.3 Å². The van der Waals surface area contributed by atoms with Crippen molar-refractivity contribution in [2.24, 2.45) is 0 Å². The molecule has 0 spiro atoms. The average Bonchev–Trinajstić information content (AvgIpc) is 2.40. The fourth-order valence-corrected chi connectivity index (χ4v) is 2.26. The lowest BCUT2D eigenvalue weighted by Crippen LogP contribution is -2.50. The van der Waals surface area contributed by atoms with Gasteiger partial charge in [-0.1, -0.05) is 13.0 Å². The fourth-order valence-electron chi connectivity index (χ4n) is 2.26. The van der Waals surface area contributed by atoms with Crippen LogP contribution in [-0.4, -0.2) is 48.6 Å². The Balaban J connectivity index is 1.84. The number of piperazine rings is 1. The van der Waals surface area contributed by atoms with Crippen LogP contribution in [0.1, 0.15) is 13.3 Å². The Morgan fingerprint density at radius 1 is 1.32 bits per heavy atom. The van der Waals surface area contributed by atoms with Crippen LogP contribution in [0.5, 0.6) is 0 Å². The van der Waals surface area contributed by atoms with Crippen LogP contribution >= 0.6 is 0 Å². The second-order valence-electron chi connectivity index (χ2n) is 4.77. The van der Waals surface area contributed by atoms with Gasteiger partial charge in [0.25, 0.3) is 0 Å². The van der Waals surface area contributed by atoms with Crippen molar-refractivity contribution >= 4 is 11.7 Å². The molecule has 104 valence electrons. The topological polar surface area (TPSA) is 35.6 Å². The molecule has 1 aliphatic rings. The summed E-state index contributed by atoms with van der Waals surface area (Å²) in [6, 6.07) is 5.81. The predicted octanol–water partition coefficient (Wildman–Crippen LogP) is 2.39. The number of nitrogens with one attached hydrogen (secondary N) is 1. The summed E-state index contributed by atoms with van der Waals surface area (Å²) < 4.78 is 13.0. The molecule has 0 unspecified atom stereocenters. The largest absolute Gasteiger partial charge is 0.322 e. The highest BCUT2D eigenvalue weighted by Crippen LogP contribution is 2.11. The summed E-state index contributed by atoms with van der Waals surface area (Å²) in [7, 11) is 0. The second kappa shape index (κ2) is 6.52. The number of nitrogens with zero attached hydrogens (tertiary/aromatic N) is 2. The SMILES string of the molecule is CCCN1CCN(C(=O)Nc2cccc(F)c2)CC1. The third-order valence-electron chi connectivity index (χ3n) is 3.28. The first-order chi connectivity index (χ1) is 9.19. The van der Waals surface area contributed by atoms with E-state index in [9.17, 15) is 9.18 Å². The van der Waals surface area contributed by atoms with E-state index in [0.29, 0.717) is 5.69 Å². The predicted molar refractivity (Wildman–Crippen MR) is 73.7 cm³/mol. The van der Waals surface area contributed by atoms with Gasteiger partial charge < -0.3 is 10.2 Å². The van der Waals surface area contributed by atoms with Gasteiger partial charge in [-0.15, -0.1) is 0 Å². The summed E-state index contributed by atoms with van der Waals surface area (Å²) in [4.78, 5) is 16.1. The molecule has 1 aromatic carbocycles. The van der Waals surface area contributed by atoms with Crippen molar-refractivity contribution in [3.05, 3.63) is 30.1 Å². The third-order valence-corrected chi connectivity index (χ3v) is 3.28. The van der Waals surface area contributed by atoms with Crippen molar-refractivity contribution in [1.82, 2.24) is 9.80 Å². The van der Waals surface area contributed by atoms with Crippen LogP contribution in [0, 0.1) is 5.82 Å². The Bertz CT molecular complexity index is 430. The second-order valence-corrected chi connectivity index (χ2v) is 4.77. The normalized spacial score (nSPS) is 16.4. The molecular formula is C14H20FN3O. The maximum absolute atomic E-state index is 13.0. The van der Waals surface area contributed by atoms with Crippen molar-refractivity contribution in [3.8, 4) is 0 Å². The molecule has 0 aromatic heterocycles. The van der Waals surface area contributed by atoms with E-state index in [0.717, 1.165) is 39.1 Å². The van der Waals surface area contributed by atoms with E-state index in [1.165, 1.54) is 12.1 Å². The highest BCUT2D eigenvalue weighted by molar-refractivity contribution is 5.89. The quantitative estimate of drug-likeness (QED) is 0.910. The monoisotopic (exact) mass is 265 g/mol. The molecule has 0 radical (unpaired) electrons. The molecule has 4 nitrogen and oxygen atoms in total. The maximum atomic E-state index is 13.0. The average molecular weight is 265 g/mol. The zero-order chi connectivity index (χ0) is 13.7. The molecule has 1 fully saturated rings. The number of hydrogen-bond acceptors (Lipinski definition) is 2. The van der Waals surface area contributed by atoms with E-state index in [4.69, 9.17) is 0 Å². The molecule has 1 aromatic rings. The Hall–Kier alpha value is -1.62. The number of amides is 2. The number of urea groups is 1. The number of hydrogen-bond donors (Lipinski definition) is 1. The maximum Gasteiger partial charge on any atom is 0.321 e. The molecule has 1 heterocycles. The van der Waals surface area contributed by atoms with Crippen LogP contribution in [0.2, 0.25) is 0 Å². The first-order valence-corrected chi connectivity index (χ1v) is 6.73. The van der Waals surface area contributed by atoms with Gasteiger partial charge in [0.1, 0.15) is 5.82 Å². The van der Waals surface area contributed by atoms with Gasteiger partial charge in [0.15, 0.2) is 0 Å². The van der Waals surface area contributed by atoms with Gasteiger partial charge in [0.05, 0.1) is 0 Å². The molecule has 1 N–H and O–H groups in total. The summed E-state index contributed by atoms with van der Waals surface area (Å²) in [6.45, 7) is 6.50. The first-order valence-electron chi connectivity index (χ1n) is 6.73. The van der Waals surface area contributed by atoms with E-state index in [1.54, 1.807) is 17.0 Å². The van der Waals surface area contributed by atoms with Crippen LogP contribution < -0.4 is 5.32 Å². The van der Waals surface area contributed by atoms with Crippen LogP contribution in [0.25, 0.3) is 0 Å². The lowest BCUT2D eigenvalue weighted by molar-refractivity contribution is 0.147. The van der Waals surface area contributed by atoms with Gasteiger partial charge in [-0.3, -0.25) is 4.90 Å². The van der Waals surface area contributed by atoms with Crippen LogP contribution in [0.15, 0.2) is 24.3 Å². The smallest absolute Gasteiger partial charge is 0.321 e. The standard InChI is InChI=1S/C14H20FN3O/c1-2-6-17-7-9-18(10-8-17)14(19)16-13-5-3-4-12(15)11-13/h3-5,11H,2,6-10H2,1H3,(H,16,19). The van der Waals surface area contributed by atoms with Gasteiger partial charge in [-0.25, -0.2) is 9.18 Å². The minimum Gasteiger partial charge on any atom is -0.322 e. The van der Waals surface area contributed by atoms with Crippen molar-refractivity contribution in [2.75, 3.05) is 38.0 Å². The van der Waals surface area contributed by atoms with E-state index in [1.807, 2.05) is 0 Å². The molecule has 1 aliphatic heterocycles. The third kappa shape index (κ3) is 3.92. The number of rotatable bonds is 3. The first kappa shape index (κ1) is 13.8. The minimum atomic E-state index is -0.342. The molecule has 0 atom stereocenters. The van der Waals surface area contributed by atoms with Gasteiger partial charge in [0, 0.05) is 31.9 Å². The Morgan fingerprint density at radius 2 is 2.05 bits per heavy atom. The summed E-state index contributed by atoms with van der Waals surface area (Å²) >= 11 is 0. The molecule has 0 aliphatic carbocycles. The molecular weight excluding hydrogens is 245 g/mol. The summed E-state index contributed by atoms with van der Waals surface area (Å²) in [5.74, 6) is -0.342. The van der Waals surface area contributed by atoms with Gasteiger partial charge in [0.2, 0.25) is 0 Å². The van der Waals surface area contributed by atoms with Crippen molar-refractivity contribution in [3.63, 3.8) is 0 Å². The number of benzene rings is 1. The Kier molecular flexibility index (Phi) is 4.74. The van der Waals surface area contributed by atoms with Gasteiger partial charge in [-0.2, -0.15) is 0 Å². The Labute approximate surface area is 113 Å². The van der Waals surface area contributed by atoms with E-state index in [-0.39, 0.29) is 11.8 Å². The fraction of sp³-hybridized carbons (Fsp3) is 0.500. The number of anilines is 1. The molecule has 0 saturated carbocycles. The number of carbonyl (C=O) groups excluding carboxylic acids is 1. The van der Waals surface area contributed by atoms with E-state index in [2.05, 4.69) is 17.1 Å². The van der Waals surface area contributed by atoms with E-state index < -0.39 is 0 Å². The minimum absolute atomic E-state index is 0.151. The lowest BCUT2D eigenvalue weighted by Gasteiger charge is -2.34. The van der Waals surface area contributed by atoms with Crippen LogP contribution in [-0.2, 0) is 0 Å². The summed E-state index contributed by atoms with van der Waals surface area (Å²) in [6.07, 6.45) is 1.13. The molecule has 19 heavy (non-hydrogen) atoms. The van der Waals surface area contributed by atoms with Gasteiger partial charge >= 0.3 is 6.03 Å². The summed E-state index contributed by atoms with van der Waals surface area (Å²) in [5.41, 5.74) is 0.501. The molecule has 2 rings (SSSR count). The number of carbonyl (C=O) groups is 1. The molecule has 1 saturated heterocycles. The van der Waals surface area contributed by atoms with Crippen LogP contribution in [0.4, 0.5) is 14.9 Å².